The highest BCUT2D eigenvalue weighted by molar-refractivity contribution is 8.26. The second-order valence-corrected chi connectivity index (χ2v) is 7.81. The van der Waals surface area contributed by atoms with Gasteiger partial charge in [-0.05, 0) is 23.8 Å². The smallest absolute Gasteiger partial charge is 0.266 e. The molecule has 1 amide bonds. The highest BCUT2D eigenvalue weighted by atomic mass is 32.2. The SMILES string of the molecule is COc1ccc2c(=O)c(/C=C3\SC(=S)N(Cc4ccccc4)C3=O)coc2c1. The lowest BCUT2D eigenvalue weighted by Gasteiger charge is -2.14. The third-order valence-corrected chi connectivity index (χ3v) is 5.73. The minimum atomic E-state index is -0.215. The predicted octanol–water partition coefficient (Wildman–Crippen LogP) is 4.20. The van der Waals surface area contributed by atoms with Gasteiger partial charge in [0.05, 0.1) is 29.5 Å². The number of fused-ring (bicyclic) bond motifs is 1. The van der Waals surface area contributed by atoms with Crippen LogP contribution < -0.4 is 10.2 Å². The topological polar surface area (TPSA) is 59.8 Å². The highest BCUT2D eigenvalue weighted by Crippen LogP contribution is 2.33. The number of ether oxygens (including phenoxy) is 1. The predicted molar refractivity (Wildman–Crippen MR) is 114 cm³/mol. The van der Waals surface area contributed by atoms with Crippen LogP contribution in [0.5, 0.6) is 5.75 Å². The molecular weight excluding hydrogens is 394 g/mol. The Bertz CT molecular complexity index is 1170. The van der Waals surface area contributed by atoms with E-state index in [0.717, 1.165) is 5.56 Å². The number of amides is 1. The van der Waals surface area contributed by atoms with Crippen molar-refractivity contribution in [2.45, 2.75) is 6.54 Å². The molecule has 2 aromatic carbocycles. The zero-order valence-electron chi connectivity index (χ0n) is 14.9. The molecule has 140 valence electrons. The maximum absolute atomic E-state index is 12.8. The van der Waals surface area contributed by atoms with Crippen LogP contribution in [0.1, 0.15) is 11.1 Å². The molecule has 1 fully saturated rings. The van der Waals surface area contributed by atoms with Gasteiger partial charge >= 0.3 is 0 Å². The van der Waals surface area contributed by atoms with Crippen molar-refractivity contribution in [2.75, 3.05) is 7.11 Å². The highest BCUT2D eigenvalue weighted by Gasteiger charge is 2.32. The van der Waals surface area contributed by atoms with Crippen molar-refractivity contribution < 1.29 is 13.9 Å². The number of carbonyl (C=O) groups excluding carboxylic acids is 1. The van der Waals surface area contributed by atoms with Crippen LogP contribution in [-0.4, -0.2) is 22.2 Å². The zero-order chi connectivity index (χ0) is 19.7. The molecule has 3 aromatic rings. The first kappa shape index (κ1) is 18.5. The maximum atomic E-state index is 12.8. The molecule has 2 heterocycles. The Balaban J connectivity index is 1.66. The summed E-state index contributed by atoms with van der Waals surface area (Å²) in [5.74, 6) is 0.387. The lowest BCUT2D eigenvalue weighted by atomic mass is 10.1. The van der Waals surface area contributed by atoms with Crippen LogP contribution in [-0.2, 0) is 11.3 Å². The van der Waals surface area contributed by atoms with E-state index in [1.807, 2.05) is 30.3 Å². The number of benzene rings is 2. The van der Waals surface area contributed by atoms with Crippen molar-refractivity contribution in [1.29, 1.82) is 0 Å². The van der Waals surface area contributed by atoms with E-state index in [2.05, 4.69) is 0 Å². The summed E-state index contributed by atoms with van der Waals surface area (Å²) in [6, 6.07) is 14.6. The molecule has 28 heavy (non-hydrogen) atoms. The Morgan fingerprint density at radius 1 is 1.18 bits per heavy atom. The fourth-order valence-electron chi connectivity index (χ4n) is 2.89. The number of hydrogen-bond acceptors (Lipinski definition) is 6. The molecule has 5 nitrogen and oxygen atoms in total. The van der Waals surface area contributed by atoms with Gasteiger partial charge in [0.1, 0.15) is 21.9 Å². The molecule has 1 aliphatic heterocycles. The third-order valence-electron chi connectivity index (χ3n) is 4.35. The van der Waals surface area contributed by atoms with Gasteiger partial charge in [-0.3, -0.25) is 14.5 Å². The van der Waals surface area contributed by atoms with Gasteiger partial charge in [0.25, 0.3) is 5.91 Å². The van der Waals surface area contributed by atoms with E-state index in [9.17, 15) is 9.59 Å². The molecule has 0 atom stereocenters. The largest absolute Gasteiger partial charge is 0.497 e. The first-order valence-electron chi connectivity index (χ1n) is 8.45. The zero-order valence-corrected chi connectivity index (χ0v) is 16.5. The molecule has 0 unspecified atom stereocenters. The first-order chi connectivity index (χ1) is 13.6. The molecule has 1 saturated heterocycles. The molecule has 0 saturated carbocycles. The lowest BCUT2D eigenvalue weighted by molar-refractivity contribution is -0.122. The van der Waals surface area contributed by atoms with Crippen molar-refractivity contribution in [2.24, 2.45) is 0 Å². The van der Waals surface area contributed by atoms with Gasteiger partial charge in [-0.2, -0.15) is 0 Å². The number of rotatable bonds is 4. The number of carbonyl (C=O) groups is 1. The van der Waals surface area contributed by atoms with Crippen LogP contribution in [0.2, 0.25) is 0 Å². The third kappa shape index (κ3) is 3.46. The van der Waals surface area contributed by atoms with E-state index in [4.69, 9.17) is 21.4 Å². The van der Waals surface area contributed by atoms with Crippen molar-refractivity contribution in [3.05, 3.63) is 81.0 Å². The van der Waals surface area contributed by atoms with E-state index in [1.165, 1.54) is 22.9 Å². The Morgan fingerprint density at radius 2 is 1.96 bits per heavy atom. The Morgan fingerprint density at radius 3 is 2.71 bits per heavy atom. The molecule has 0 spiro atoms. The minimum Gasteiger partial charge on any atom is -0.497 e. The van der Waals surface area contributed by atoms with E-state index in [0.29, 0.717) is 38.1 Å². The van der Waals surface area contributed by atoms with Crippen molar-refractivity contribution in [3.63, 3.8) is 0 Å². The van der Waals surface area contributed by atoms with Crippen LogP contribution in [0.3, 0.4) is 0 Å². The van der Waals surface area contributed by atoms with Crippen molar-refractivity contribution in [3.8, 4) is 5.75 Å². The molecule has 0 radical (unpaired) electrons. The van der Waals surface area contributed by atoms with Gasteiger partial charge < -0.3 is 9.15 Å². The molecular formula is C21H15NO4S2. The fourth-order valence-corrected chi connectivity index (χ4v) is 4.14. The number of hydrogen-bond donors (Lipinski definition) is 0. The van der Waals surface area contributed by atoms with E-state index < -0.39 is 0 Å². The Kier molecular flexibility index (Phi) is 5.02. The van der Waals surface area contributed by atoms with E-state index in [-0.39, 0.29) is 11.3 Å². The second-order valence-electron chi connectivity index (χ2n) is 6.14. The van der Waals surface area contributed by atoms with Crippen LogP contribution in [0, 0.1) is 0 Å². The van der Waals surface area contributed by atoms with Gasteiger partial charge in [-0.25, -0.2) is 0 Å². The summed E-state index contributed by atoms with van der Waals surface area (Å²) in [4.78, 5) is 27.5. The van der Waals surface area contributed by atoms with Crippen LogP contribution in [0.25, 0.3) is 17.0 Å². The average molecular weight is 409 g/mol. The summed E-state index contributed by atoms with van der Waals surface area (Å²) >= 11 is 6.54. The molecule has 0 N–H and O–H groups in total. The summed E-state index contributed by atoms with van der Waals surface area (Å²) < 4.78 is 11.2. The van der Waals surface area contributed by atoms with Crippen LogP contribution in [0.4, 0.5) is 0 Å². The monoisotopic (exact) mass is 409 g/mol. The van der Waals surface area contributed by atoms with Crippen molar-refractivity contribution in [1.82, 2.24) is 4.90 Å². The standard InChI is InChI=1S/C21H15NO4S2/c1-25-15-7-8-16-17(10-15)26-12-14(19(16)23)9-18-20(24)22(21(27)28-18)11-13-5-3-2-4-6-13/h2-10,12H,11H2,1H3/b18-9-. The van der Waals surface area contributed by atoms with Gasteiger partial charge in [-0.1, -0.05) is 54.3 Å². The number of methoxy groups -OCH3 is 1. The number of thiocarbonyl (C=S) groups is 1. The summed E-state index contributed by atoms with van der Waals surface area (Å²) in [5.41, 5.74) is 1.51. The number of thioether (sulfide) groups is 1. The quantitative estimate of drug-likeness (QED) is 0.475. The average Bonchev–Trinajstić information content (AvgIpc) is 2.98. The normalized spacial score (nSPS) is 15.6. The summed E-state index contributed by atoms with van der Waals surface area (Å²) in [5, 5.41) is 0.425. The van der Waals surface area contributed by atoms with E-state index in [1.54, 1.807) is 31.4 Å². The molecule has 1 aliphatic rings. The van der Waals surface area contributed by atoms with Crippen LogP contribution >= 0.6 is 24.0 Å². The second kappa shape index (κ2) is 7.61. The van der Waals surface area contributed by atoms with Crippen LogP contribution in [0.15, 0.2) is 68.9 Å². The molecule has 7 heteroatoms. The molecule has 0 aliphatic carbocycles. The Labute approximate surface area is 170 Å². The van der Waals surface area contributed by atoms with Crippen molar-refractivity contribution >= 4 is 51.3 Å². The van der Waals surface area contributed by atoms with Gasteiger partial charge in [0.2, 0.25) is 0 Å². The van der Waals surface area contributed by atoms with E-state index >= 15 is 0 Å². The van der Waals surface area contributed by atoms with Gasteiger partial charge in [-0.15, -0.1) is 0 Å². The number of nitrogens with zero attached hydrogens (tertiary/aromatic N) is 1. The minimum absolute atomic E-state index is 0.211. The van der Waals surface area contributed by atoms with Gasteiger partial charge in [0.15, 0.2) is 5.43 Å². The molecule has 1 aromatic heterocycles. The summed E-state index contributed by atoms with van der Waals surface area (Å²) in [6.45, 7) is 0.398. The first-order valence-corrected chi connectivity index (χ1v) is 9.68. The maximum Gasteiger partial charge on any atom is 0.266 e. The molecule has 4 rings (SSSR count). The molecule has 0 bridgehead atoms. The van der Waals surface area contributed by atoms with Gasteiger partial charge in [0, 0.05) is 6.07 Å². The lowest BCUT2D eigenvalue weighted by Crippen LogP contribution is -2.27. The Hall–Kier alpha value is -2.90. The fraction of sp³-hybridized carbons (Fsp3) is 0.0952. The summed E-state index contributed by atoms with van der Waals surface area (Å²) in [6.07, 6.45) is 2.90. The summed E-state index contributed by atoms with van der Waals surface area (Å²) in [7, 11) is 1.55.